The number of anilines is 2. The van der Waals surface area contributed by atoms with E-state index in [4.69, 9.17) is 0 Å². The van der Waals surface area contributed by atoms with E-state index < -0.39 is 21.5 Å². The van der Waals surface area contributed by atoms with Crippen molar-refractivity contribution in [3.05, 3.63) is 64.4 Å². The zero-order valence-corrected chi connectivity index (χ0v) is 20.3. The van der Waals surface area contributed by atoms with Crippen LogP contribution >= 0.6 is 0 Å². The van der Waals surface area contributed by atoms with Gasteiger partial charge in [0.05, 0.1) is 10.5 Å². The van der Waals surface area contributed by atoms with E-state index in [0.717, 1.165) is 31.6 Å². The monoisotopic (exact) mass is 482 g/mol. The highest BCUT2D eigenvalue weighted by molar-refractivity contribution is 7.89. The predicted octanol–water partition coefficient (Wildman–Crippen LogP) is 3.80. The molecular weight excluding hydrogens is 452 g/mol. The molecule has 1 fully saturated rings. The molecule has 9 heteroatoms. The molecule has 1 saturated heterocycles. The van der Waals surface area contributed by atoms with Gasteiger partial charge in [-0.15, -0.1) is 0 Å². The van der Waals surface area contributed by atoms with Gasteiger partial charge in [-0.2, -0.15) is 4.31 Å². The van der Waals surface area contributed by atoms with E-state index >= 15 is 0 Å². The highest BCUT2D eigenvalue weighted by atomic mass is 32.2. The molecule has 1 aliphatic rings. The van der Waals surface area contributed by atoms with Gasteiger partial charge < -0.3 is 15.2 Å². The second-order valence-electron chi connectivity index (χ2n) is 8.40. The van der Waals surface area contributed by atoms with E-state index in [2.05, 4.69) is 15.2 Å². The SMILES string of the molecule is CCN(CC)S(=O)(=O)c1ccc2[nH]c(=O)cc(C(=O)Nc3cccc(N4CCCCC4)c3)c2c1. The lowest BCUT2D eigenvalue weighted by molar-refractivity contribution is 0.102. The highest BCUT2D eigenvalue weighted by Crippen LogP contribution is 2.26. The van der Waals surface area contributed by atoms with Gasteiger partial charge in [0, 0.05) is 54.5 Å². The Bertz CT molecular complexity index is 1360. The number of aromatic nitrogens is 1. The van der Waals surface area contributed by atoms with E-state index in [9.17, 15) is 18.0 Å². The Morgan fingerprint density at radius 1 is 1.03 bits per heavy atom. The Balaban J connectivity index is 1.69. The molecule has 2 N–H and O–H groups in total. The quantitative estimate of drug-likeness (QED) is 0.533. The Morgan fingerprint density at radius 3 is 2.47 bits per heavy atom. The number of carbonyl (C=O) groups is 1. The van der Waals surface area contributed by atoms with Crippen LogP contribution in [0.4, 0.5) is 11.4 Å². The number of sulfonamides is 1. The molecule has 0 aliphatic carbocycles. The topological polar surface area (TPSA) is 103 Å². The minimum atomic E-state index is -3.72. The van der Waals surface area contributed by atoms with Gasteiger partial charge in [-0.05, 0) is 55.7 Å². The predicted molar refractivity (Wildman–Crippen MR) is 135 cm³/mol. The van der Waals surface area contributed by atoms with Crippen LogP contribution < -0.4 is 15.8 Å². The number of piperidine rings is 1. The Hall–Kier alpha value is -3.17. The van der Waals surface area contributed by atoms with Crippen molar-refractivity contribution in [3.63, 3.8) is 0 Å². The summed E-state index contributed by atoms with van der Waals surface area (Å²) in [6.07, 6.45) is 3.52. The Labute approximate surface area is 199 Å². The molecule has 34 heavy (non-hydrogen) atoms. The minimum absolute atomic E-state index is 0.0805. The molecule has 0 unspecified atom stereocenters. The molecule has 2 aromatic carbocycles. The lowest BCUT2D eigenvalue weighted by Crippen LogP contribution is -2.30. The third-order valence-electron chi connectivity index (χ3n) is 6.23. The van der Waals surface area contributed by atoms with Crippen LogP contribution in [0.25, 0.3) is 10.9 Å². The standard InChI is InChI=1S/C25H30N4O4S/c1-3-29(4-2)34(32,33)20-11-12-23-21(16-20)22(17-24(30)27-23)25(31)26-18-9-8-10-19(15-18)28-13-6-5-7-14-28/h8-12,15-17H,3-7,13-14H2,1-2H3,(H,26,31)(H,27,30). The van der Waals surface area contributed by atoms with Gasteiger partial charge in [0.2, 0.25) is 15.6 Å². The maximum Gasteiger partial charge on any atom is 0.256 e. The first-order valence-corrected chi connectivity index (χ1v) is 13.1. The maximum atomic E-state index is 13.2. The van der Waals surface area contributed by atoms with E-state index in [0.29, 0.717) is 29.7 Å². The summed E-state index contributed by atoms with van der Waals surface area (Å²) in [6.45, 7) is 6.19. The average molecular weight is 483 g/mol. The minimum Gasteiger partial charge on any atom is -0.371 e. The van der Waals surface area contributed by atoms with Crippen molar-refractivity contribution < 1.29 is 13.2 Å². The zero-order valence-electron chi connectivity index (χ0n) is 19.5. The number of fused-ring (bicyclic) bond motifs is 1. The third kappa shape index (κ3) is 4.85. The first-order valence-electron chi connectivity index (χ1n) is 11.7. The highest BCUT2D eigenvalue weighted by Gasteiger charge is 2.23. The van der Waals surface area contributed by atoms with E-state index in [1.807, 2.05) is 18.2 Å². The molecular formula is C25H30N4O4S. The van der Waals surface area contributed by atoms with Crippen molar-refractivity contribution >= 4 is 38.2 Å². The molecule has 0 spiro atoms. The number of nitrogens with zero attached hydrogens (tertiary/aromatic N) is 2. The Morgan fingerprint density at radius 2 is 1.76 bits per heavy atom. The fourth-order valence-corrected chi connectivity index (χ4v) is 5.91. The fraction of sp³-hybridized carbons (Fsp3) is 0.360. The summed E-state index contributed by atoms with van der Waals surface area (Å²) in [5, 5.41) is 3.25. The lowest BCUT2D eigenvalue weighted by atomic mass is 10.1. The molecule has 1 aromatic heterocycles. The van der Waals surface area contributed by atoms with Crippen molar-refractivity contribution in [1.82, 2.24) is 9.29 Å². The number of amides is 1. The summed E-state index contributed by atoms with van der Waals surface area (Å²) in [7, 11) is -3.72. The number of carbonyl (C=O) groups excluding carboxylic acids is 1. The van der Waals surface area contributed by atoms with Crippen LogP contribution in [0.5, 0.6) is 0 Å². The van der Waals surface area contributed by atoms with E-state index in [-0.39, 0.29) is 10.5 Å². The van der Waals surface area contributed by atoms with Gasteiger partial charge in [-0.3, -0.25) is 9.59 Å². The van der Waals surface area contributed by atoms with Crippen molar-refractivity contribution in [1.29, 1.82) is 0 Å². The second-order valence-corrected chi connectivity index (χ2v) is 10.3. The number of nitrogens with one attached hydrogen (secondary N) is 2. The molecule has 0 saturated carbocycles. The molecule has 4 rings (SSSR count). The Kier molecular flexibility index (Phi) is 7.04. The molecule has 0 atom stereocenters. The molecule has 0 radical (unpaired) electrons. The number of pyridine rings is 1. The number of rotatable bonds is 7. The summed E-state index contributed by atoms with van der Waals surface area (Å²) in [4.78, 5) is 30.5. The molecule has 1 aliphatic heterocycles. The first-order chi connectivity index (χ1) is 16.3. The summed E-state index contributed by atoms with van der Waals surface area (Å²) < 4.78 is 27.4. The van der Waals surface area contributed by atoms with Crippen LogP contribution in [0.15, 0.2) is 58.2 Å². The van der Waals surface area contributed by atoms with E-state index in [1.165, 1.54) is 35.0 Å². The molecule has 8 nitrogen and oxygen atoms in total. The largest absolute Gasteiger partial charge is 0.371 e. The van der Waals surface area contributed by atoms with Crippen LogP contribution in [0.2, 0.25) is 0 Å². The summed E-state index contributed by atoms with van der Waals surface area (Å²) in [5.41, 5.74) is 1.75. The van der Waals surface area contributed by atoms with Gasteiger partial charge in [-0.1, -0.05) is 19.9 Å². The lowest BCUT2D eigenvalue weighted by Gasteiger charge is -2.29. The summed E-state index contributed by atoms with van der Waals surface area (Å²) in [6, 6.07) is 13.3. The van der Waals surface area contributed by atoms with Crippen molar-refractivity contribution in [3.8, 4) is 0 Å². The average Bonchev–Trinajstić information content (AvgIpc) is 2.84. The zero-order chi connectivity index (χ0) is 24.3. The number of hydrogen-bond donors (Lipinski definition) is 2. The number of aromatic amines is 1. The summed E-state index contributed by atoms with van der Waals surface area (Å²) in [5.74, 6) is -0.468. The van der Waals surface area contributed by atoms with Crippen LogP contribution in [0.3, 0.4) is 0 Å². The molecule has 2 heterocycles. The van der Waals surface area contributed by atoms with E-state index in [1.54, 1.807) is 19.9 Å². The number of hydrogen-bond acceptors (Lipinski definition) is 5. The molecule has 0 bridgehead atoms. The second kappa shape index (κ2) is 9.99. The molecule has 180 valence electrons. The van der Waals surface area contributed by atoms with Gasteiger partial charge in [0.15, 0.2) is 0 Å². The van der Waals surface area contributed by atoms with Crippen molar-refractivity contribution in [2.75, 3.05) is 36.4 Å². The fourth-order valence-electron chi connectivity index (χ4n) is 4.42. The molecule has 3 aromatic rings. The normalized spacial score (nSPS) is 14.5. The van der Waals surface area contributed by atoms with Crippen LogP contribution in [-0.2, 0) is 10.0 Å². The first kappa shape index (κ1) is 24.0. The van der Waals surface area contributed by atoms with Crippen LogP contribution in [0, 0.1) is 0 Å². The van der Waals surface area contributed by atoms with Gasteiger partial charge >= 0.3 is 0 Å². The van der Waals surface area contributed by atoms with Gasteiger partial charge in [-0.25, -0.2) is 8.42 Å². The number of H-pyrrole nitrogens is 1. The van der Waals surface area contributed by atoms with Crippen LogP contribution in [0.1, 0.15) is 43.5 Å². The van der Waals surface area contributed by atoms with Crippen LogP contribution in [-0.4, -0.2) is 49.8 Å². The third-order valence-corrected chi connectivity index (χ3v) is 8.27. The van der Waals surface area contributed by atoms with Gasteiger partial charge in [0.1, 0.15) is 0 Å². The van der Waals surface area contributed by atoms with Crippen molar-refractivity contribution in [2.45, 2.75) is 38.0 Å². The summed E-state index contributed by atoms with van der Waals surface area (Å²) >= 11 is 0. The smallest absolute Gasteiger partial charge is 0.256 e. The van der Waals surface area contributed by atoms with Crippen molar-refractivity contribution in [2.24, 2.45) is 0 Å². The molecule has 1 amide bonds. The number of benzene rings is 2. The van der Waals surface area contributed by atoms with Gasteiger partial charge in [0.25, 0.3) is 5.91 Å². The maximum absolute atomic E-state index is 13.2.